The Morgan fingerprint density at radius 1 is 0.980 bits per heavy atom. The zero-order chi connectivity index (χ0) is 34.3. The van der Waals surface area contributed by atoms with Crippen molar-refractivity contribution in [1.82, 2.24) is 25.1 Å². The van der Waals surface area contributed by atoms with Crippen LogP contribution in [-0.2, 0) is 29.1 Å². The molecule has 4 aromatic rings. The maximum atomic E-state index is 14.3. The Labute approximate surface area is 284 Å². The first-order valence-corrected chi connectivity index (χ1v) is 16.1. The standard InChI is InChI=1S/C37H38N6O6/c1-48-30-13-11-27(12-14-30)22-39-37(47)41(18-17-38)42-25-35(45)43-33(21-26-9-15-31(16-10-26)49-20-19-44)36(46)40(24-34(42)43)23-29-7-4-6-28-5-2-3-8-32(28)29/h2-16,33-34,44H,18-25H2,1H3,(H,39,47)/t33-,34+/m0/s1. The maximum Gasteiger partial charge on any atom is 0.333 e. The molecule has 2 heterocycles. The van der Waals surface area contributed by atoms with E-state index >= 15 is 0 Å². The summed E-state index contributed by atoms with van der Waals surface area (Å²) in [6, 6.07) is 29.1. The van der Waals surface area contributed by atoms with E-state index in [0.29, 0.717) is 18.0 Å². The van der Waals surface area contributed by atoms with Crippen LogP contribution in [0.25, 0.3) is 10.8 Å². The van der Waals surface area contributed by atoms with E-state index in [-0.39, 0.29) is 57.6 Å². The van der Waals surface area contributed by atoms with E-state index < -0.39 is 18.2 Å². The second-order valence-corrected chi connectivity index (χ2v) is 11.9. The highest BCUT2D eigenvalue weighted by atomic mass is 16.5. The van der Waals surface area contributed by atoms with Gasteiger partial charge in [-0.05, 0) is 51.7 Å². The number of piperazine rings is 1. The average Bonchev–Trinajstić information content (AvgIpc) is 3.46. The van der Waals surface area contributed by atoms with E-state index in [1.165, 1.54) is 5.01 Å². The van der Waals surface area contributed by atoms with Crippen molar-refractivity contribution >= 4 is 28.6 Å². The molecule has 2 N–H and O–H groups in total. The number of nitriles is 1. The molecule has 2 atom stereocenters. The number of urea groups is 1. The van der Waals surface area contributed by atoms with Gasteiger partial charge in [-0.1, -0.05) is 66.7 Å². The number of nitrogens with zero attached hydrogens (tertiary/aromatic N) is 5. The zero-order valence-corrected chi connectivity index (χ0v) is 27.2. The van der Waals surface area contributed by atoms with E-state index in [4.69, 9.17) is 14.6 Å². The molecule has 4 aromatic carbocycles. The molecule has 2 saturated heterocycles. The van der Waals surface area contributed by atoms with Crippen molar-refractivity contribution < 1.29 is 29.0 Å². The van der Waals surface area contributed by atoms with Gasteiger partial charge in [-0.2, -0.15) is 10.3 Å². The van der Waals surface area contributed by atoms with E-state index in [2.05, 4.69) is 11.4 Å². The number of carbonyl (C=O) groups is 3. The third-order valence-electron chi connectivity index (χ3n) is 8.89. The molecule has 252 valence electrons. The lowest BCUT2D eigenvalue weighted by Crippen LogP contribution is -2.66. The Morgan fingerprint density at radius 2 is 1.69 bits per heavy atom. The molecule has 12 heteroatoms. The Morgan fingerprint density at radius 3 is 2.43 bits per heavy atom. The number of aliphatic hydroxyl groups is 1. The zero-order valence-electron chi connectivity index (χ0n) is 27.2. The van der Waals surface area contributed by atoms with Gasteiger partial charge in [0.1, 0.15) is 36.9 Å². The average molecular weight is 663 g/mol. The number of nitrogens with one attached hydrogen (secondary N) is 1. The lowest BCUT2D eigenvalue weighted by molar-refractivity contribution is -0.157. The summed E-state index contributed by atoms with van der Waals surface area (Å²) in [4.78, 5) is 45.0. The summed E-state index contributed by atoms with van der Waals surface area (Å²) in [7, 11) is 1.58. The van der Waals surface area contributed by atoms with Crippen LogP contribution in [0.5, 0.6) is 11.5 Å². The van der Waals surface area contributed by atoms with Crippen molar-refractivity contribution in [3.05, 3.63) is 108 Å². The maximum absolute atomic E-state index is 14.3. The van der Waals surface area contributed by atoms with Gasteiger partial charge in [0.15, 0.2) is 0 Å². The van der Waals surface area contributed by atoms with Crippen molar-refractivity contribution in [2.45, 2.75) is 31.7 Å². The summed E-state index contributed by atoms with van der Waals surface area (Å²) in [6.07, 6.45) is -0.444. The Bertz CT molecular complexity index is 1840. The van der Waals surface area contributed by atoms with Crippen LogP contribution in [-0.4, -0.2) is 94.9 Å². The van der Waals surface area contributed by atoms with E-state index in [1.54, 1.807) is 46.2 Å². The number of hydrogen-bond donors (Lipinski definition) is 2. The summed E-state index contributed by atoms with van der Waals surface area (Å²) < 4.78 is 10.7. The van der Waals surface area contributed by atoms with Crippen molar-refractivity contribution in [2.75, 3.05) is 40.0 Å². The van der Waals surface area contributed by atoms with Gasteiger partial charge < -0.3 is 29.7 Å². The van der Waals surface area contributed by atoms with Gasteiger partial charge in [-0.3, -0.25) is 9.59 Å². The molecular weight excluding hydrogens is 624 g/mol. The minimum Gasteiger partial charge on any atom is -0.497 e. The minimum atomic E-state index is -0.846. The summed E-state index contributed by atoms with van der Waals surface area (Å²) in [5, 5.41) is 26.7. The fourth-order valence-corrected chi connectivity index (χ4v) is 6.49. The number of ether oxygens (including phenoxy) is 2. The summed E-state index contributed by atoms with van der Waals surface area (Å²) in [5.74, 6) is 0.773. The number of fused-ring (bicyclic) bond motifs is 2. The van der Waals surface area contributed by atoms with Crippen LogP contribution < -0.4 is 14.8 Å². The van der Waals surface area contributed by atoms with Crippen LogP contribution in [0.2, 0.25) is 0 Å². The molecule has 0 bridgehead atoms. The highest BCUT2D eigenvalue weighted by Gasteiger charge is 2.52. The van der Waals surface area contributed by atoms with Crippen LogP contribution in [0, 0.1) is 11.3 Å². The Kier molecular flexibility index (Phi) is 10.2. The fourth-order valence-electron chi connectivity index (χ4n) is 6.49. The predicted molar refractivity (Wildman–Crippen MR) is 181 cm³/mol. The van der Waals surface area contributed by atoms with E-state index in [1.807, 2.05) is 66.7 Å². The number of carbonyl (C=O) groups excluding carboxylic acids is 3. The number of rotatable bonds is 12. The van der Waals surface area contributed by atoms with E-state index in [0.717, 1.165) is 27.5 Å². The number of methoxy groups -OCH3 is 1. The first-order valence-electron chi connectivity index (χ1n) is 16.1. The molecule has 6 rings (SSSR count). The molecule has 2 fully saturated rings. The predicted octanol–water partition coefficient (Wildman–Crippen LogP) is 3.29. The minimum absolute atomic E-state index is 0.109. The third-order valence-corrected chi connectivity index (χ3v) is 8.89. The van der Waals surface area contributed by atoms with Crippen molar-refractivity contribution in [2.24, 2.45) is 0 Å². The molecule has 0 spiro atoms. The number of benzene rings is 4. The van der Waals surface area contributed by atoms with Crippen molar-refractivity contribution in [3.63, 3.8) is 0 Å². The van der Waals surface area contributed by atoms with Crippen LogP contribution in [0.4, 0.5) is 4.79 Å². The highest BCUT2D eigenvalue weighted by Crippen LogP contribution is 2.31. The van der Waals surface area contributed by atoms with Gasteiger partial charge >= 0.3 is 6.03 Å². The van der Waals surface area contributed by atoms with Gasteiger partial charge in [-0.25, -0.2) is 9.80 Å². The normalized spacial score (nSPS) is 17.5. The number of aliphatic hydroxyl groups excluding tert-OH is 1. The summed E-state index contributed by atoms with van der Waals surface area (Å²) in [5.41, 5.74) is 2.62. The van der Waals surface area contributed by atoms with Crippen LogP contribution in [0.3, 0.4) is 0 Å². The lowest BCUT2D eigenvalue weighted by atomic mass is 9.99. The van der Waals surface area contributed by atoms with Crippen LogP contribution in [0.1, 0.15) is 16.7 Å². The van der Waals surface area contributed by atoms with Gasteiger partial charge in [0.25, 0.3) is 0 Å². The molecule has 0 aliphatic carbocycles. The van der Waals surface area contributed by atoms with E-state index in [9.17, 15) is 19.6 Å². The molecule has 2 aliphatic heterocycles. The Hall–Kier alpha value is -5.64. The molecule has 4 amide bonds. The van der Waals surface area contributed by atoms with Gasteiger partial charge in [0.2, 0.25) is 11.8 Å². The second kappa shape index (κ2) is 15.1. The molecule has 0 saturated carbocycles. The van der Waals surface area contributed by atoms with Gasteiger partial charge in [0, 0.05) is 19.5 Å². The smallest absolute Gasteiger partial charge is 0.333 e. The fraction of sp³-hybridized carbons (Fsp3) is 0.297. The number of hydrogen-bond acceptors (Lipinski definition) is 8. The van der Waals surface area contributed by atoms with Gasteiger partial charge in [-0.15, -0.1) is 0 Å². The van der Waals surface area contributed by atoms with Gasteiger partial charge in [0.05, 0.1) is 32.9 Å². The SMILES string of the molecule is COc1ccc(CNC(=O)N(CC#N)N2CC(=O)N3[C@@H](Cc4ccc(OCCO)cc4)C(=O)N(Cc4cccc5ccccc45)C[C@@H]32)cc1. The lowest BCUT2D eigenvalue weighted by Gasteiger charge is -2.46. The third kappa shape index (κ3) is 7.28. The van der Waals surface area contributed by atoms with Crippen LogP contribution >= 0.6 is 0 Å². The van der Waals surface area contributed by atoms with Crippen molar-refractivity contribution in [3.8, 4) is 17.6 Å². The number of amides is 4. The summed E-state index contributed by atoms with van der Waals surface area (Å²) in [6.45, 7) is 0.252. The molecule has 12 nitrogen and oxygen atoms in total. The Balaban J connectivity index is 1.29. The molecule has 0 radical (unpaired) electrons. The second-order valence-electron chi connectivity index (χ2n) is 11.9. The summed E-state index contributed by atoms with van der Waals surface area (Å²) >= 11 is 0. The number of hydrazine groups is 1. The first-order chi connectivity index (χ1) is 23.9. The molecule has 0 aromatic heterocycles. The molecule has 2 aliphatic rings. The highest BCUT2D eigenvalue weighted by molar-refractivity contribution is 5.92. The largest absolute Gasteiger partial charge is 0.497 e. The monoisotopic (exact) mass is 662 g/mol. The molecule has 49 heavy (non-hydrogen) atoms. The topological polar surface area (TPSA) is 139 Å². The quantitative estimate of drug-likeness (QED) is 0.221. The first kappa shape index (κ1) is 33.3. The van der Waals surface area contributed by atoms with Crippen molar-refractivity contribution in [1.29, 1.82) is 5.26 Å². The van der Waals surface area contributed by atoms with Crippen LogP contribution in [0.15, 0.2) is 91.0 Å². The molecule has 0 unspecified atom stereocenters. The molecular formula is C37H38N6O6.